The Kier molecular flexibility index (Phi) is 5.35. The highest BCUT2D eigenvalue weighted by molar-refractivity contribution is 7.14. The van der Waals surface area contributed by atoms with Gasteiger partial charge in [-0.25, -0.2) is 4.98 Å². The number of benzene rings is 1. The molecule has 0 atom stereocenters. The van der Waals surface area contributed by atoms with Crippen molar-refractivity contribution in [2.75, 3.05) is 25.7 Å². The normalized spacial score (nSPS) is 10.5. The van der Waals surface area contributed by atoms with Crippen molar-refractivity contribution in [2.45, 2.75) is 6.92 Å². The molecule has 0 aliphatic heterocycles. The second kappa shape index (κ2) is 7.67. The highest BCUT2D eigenvalue weighted by atomic mass is 32.1. The Morgan fingerprint density at radius 3 is 2.68 bits per heavy atom. The molecule has 3 rings (SSSR count). The summed E-state index contributed by atoms with van der Waals surface area (Å²) in [7, 11) is 3.24. The minimum absolute atomic E-state index is 0.0315. The Morgan fingerprint density at radius 1 is 1.20 bits per heavy atom. The molecule has 0 spiro atoms. The maximum atomic E-state index is 12.7. The molecule has 0 aliphatic rings. The first-order valence-corrected chi connectivity index (χ1v) is 9.47. The fourth-order valence-corrected chi connectivity index (χ4v) is 3.98. The zero-order valence-corrected chi connectivity index (χ0v) is 15.8. The van der Waals surface area contributed by atoms with Crippen molar-refractivity contribution in [1.82, 2.24) is 4.98 Å². The predicted molar refractivity (Wildman–Crippen MR) is 102 cm³/mol. The largest absolute Gasteiger partial charge is 0.497 e. The van der Waals surface area contributed by atoms with Crippen LogP contribution in [0.1, 0.15) is 16.6 Å². The molecule has 0 saturated heterocycles. The second-order valence-electron chi connectivity index (χ2n) is 5.11. The average Bonchev–Trinajstić information content (AvgIpc) is 3.34. The molecule has 0 bridgehead atoms. The van der Waals surface area contributed by atoms with Gasteiger partial charge in [0.25, 0.3) is 5.91 Å². The van der Waals surface area contributed by atoms with Gasteiger partial charge in [-0.05, 0) is 36.6 Å². The van der Waals surface area contributed by atoms with Gasteiger partial charge in [-0.15, -0.1) is 22.7 Å². The standard InChI is InChI=1S/C18H18N2O3S2/c1-4-20(17(21)16-6-5-9-24-16)18-19-14(11-25-18)13-10-12(22-2)7-8-15(13)23-3/h5-11H,4H2,1-3H3. The Balaban J connectivity index is 1.95. The number of hydrogen-bond donors (Lipinski definition) is 0. The number of thiazole rings is 1. The molecule has 0 fully saturated rings. The van der Waals surface area contributed by atoms with Crippen molar-refractivity contribution in [2.24, 2.45) is 0 Å². The zero-order valence-electron chi connectivity index (χ0n) is 14.2. The molecular formula is C18H18N2O3S2. The van der Waals surface area contributed by atoms with Gasteiger partial charge < -0.3 is 9.47 Å². The van der Waals surface area contributed by atoms with Gasteiger partial charge in [0, 0.05) is 17.5 Å². The zero-order chi connectivity index (χ0) is 17.8. The predicted octanol–water partition coefficient (Wildman–Crippen LogP) is 4.56. The molecule has 0 unspecified atom stereocenters. The molecule has 0 radical (unpaired) electrons. The number of thiophene rings is 1. The van der Waals surface area contributed by atoms with Gasteiger partial charge in [-0.2, -0.15) is 0 Å². The number of nitrogens with zero attached hydrogens (tertiary/aromatic N) is 2. The molecule has 3 aromatic rings. The monoisotopic (exact) mass is 374 g/mol. The lowest BCUT2D eigenvalue weighted by atomic mass is 10.1. The SMILES string of the molecule is CCN(C(=O)c1cccs1)c1nc(-c2cc(OC)ccc2OC)cs1. The van der Waals surface area contributed by atoms with Crippen LogP contribution in [0.2, 0.25) is 0 Å². The van der Waals surface area contributed by atoms with Crippen LogP contribution in [0.15, 0.2) is 41.1 Å². The first-order chi connectivity index (χ1) is 12.2. The molecular weight excluding hydrogens is 356 g/mol. The maximum absolute atomic E-state index is 12.7. The van der Waals surface area contributed by atoms with Gasteiger partial charge in [0.15, 0.2) is 5.13 Å². The van der Waals surface area contributed by atoms with Gasteiger partial charge in [0.05, 0.1) is 24.8 Å². The maximum Gasteiger partial charge on any atom is 0.270 e. The van der Waals surface area contributed by atoms with Crippen LogP contribution in [-0.2, 0) is 0 Å². The van der Waals surface area contributed by atoms with Crippen LogP contribution >= 0.6 is 22.7 Å². The van der Waals surface area contributed by atoms with Crippen molar-refractivity contribution in [1.29, 1.82) is 0 Å². The lowest BCUT2D eigenvalue weighted by Crippen LogP contribution is -2.29. The number of ether oxygens (including phenoxy) is 2. The van der Waals surface area contributed by atoms with E-state index >= 15 is 0 Å². The third-order valence-corrected chi connectivity index (χ3v) is 5.42. The number of rotatable bonds is 6. The van der Waals surface area contributed by atoms with Gasteiger partial charge in [0.1, 0.15) is 11.5 Å². The van der Waals surface area contributed by atoms with Crippen molar-refractivity contribution >= 4 is 33.7 Å². The van der Waals surface area contributed by atoms with Crippen LogP contribution in [0.3, 0.4) is 0 Å². The van der Waals surface area contributed by atoms with Crippen molar-refractivity contribution in [3.63, 3.8) is 0 Å². The summed E-state index contributed by atoms with van der Waals surface area (Å²) >= 11 is 2.87. The summed E-state index contributed by atoms with van der Waals surface area (Å²) in [4.78, 5) is 19.7. The minimum atomic E-state index is -0.0315. The highest BCUT2D eigenvalue weighted by Gasteiger charge is 2.21. The van der Waals surface area contributed by atoms with E-state index in [2.05, 4.69) is 4.98 Å². The van der Waals surface area contributed by atoms with Gasteiger partial charge >= 0.3 is 0 Å². The van der Waals surface area contributed by atoms with E-state index in [4.69, 9.17) is 9.47 Å². The molecule has 1 aromatic carbocycles. The number of hydrogen-bond acceptors (Lipinski definition) is 6. The summed E-state index contributed by atoms with van der Waals surface area (Å²) < 4.78 is 10.7. The topological polar surface area (TPSA) is 51.7 Å². The molecule has 2 aromatic heterocycles. The molecule has 7 heteroatoms. The summed E-state index contributed by atoms with van der Waals surface area (Å²) in [6, 6.07) is 9.28. The third kappa shape index (κ3) is 3.52. The summed E-state index contributed by atoms with van der Waals surface area (Å²) in [5.41, 5.74) is 1.59. The second-order valence-corrected chi connectivity index (χ2v) is 6.89. The van der Waals surface area contributed by atoms with Crippen LogP contribution in [0, 0.1) is 0 Å². The van der Waals surface area contributed by atoms with Crippen molar-refractivity contribution < 1.29 is 14.3 Å². The Bertz CT molecular complexity index is 859. The number of amides is 1. The number of carbonyl (C=O) groups is 1. The molecule has 0 saturated carbocycles. The lowest BCUT2D eigenvalue weighted by molar-refractivity contribution is 0.0992. The van der Waals surface area contributed by atoms with E-state index in [1.54, 1.807) is 19.1 Å². The summed E-state index contributed by atoms with van der Waals surface area (Å²) in [5.74, 6) is 1.41. The fraction of sp³-hybridized carbons (Fsp3) is 0.222. The molecule has 5 nitrogen and oxygen atoms in total. The van der Waals surface area contributed by atoms with Crippen LogP contribution in [0.4, 0.5) is 5.13 Å². The van der Waals surface area contributed by atoms with E-state index in [0.29, 0.717) is 22.3 Å². The van der Waals surface area contributed by atoms with Crippen LogP contribution in [0.5, 0.6) is 11.5 Å². The van der Waals surface area contributed by atoms with E-state index in [9.17, 15) is 4.79 Å². The quantitative estimate of drug-likeness (QED) is 0.635. The first-order valence-electron chi connectivity index (χ1n) is 7.71. The van der Waals surface area contributed by atoms with Gasteiger partial charge in [-0.1, -0.05) is 6.07 Å². The molecule has 1 amide bonds. The summed E-state index contributed by atoms with van der Waals surface area (Å²) in [5, 5.41) is 4.49. The number of carbonyl (C=O) groups excluding carboxylic acids is 1. The number of aromatic nitrogens is 1. The molecule has 130 valence electrons. The van der Waals surface area contributed by atoms with Crippen LogP contribution in [0.25, 0.3) is 11.3 Å². The van der Waals surface area contributed by atoms with E-state index in [-0.39, 0.29) is 5.91 Å². The smallest absolute Gasteiger partial charge is 0.270 e. The van der Waals surface area contributed by atoms with E-state index < -0.39 is 0 Å². The Hall–Kier alpha value is -2.38. The Morgan fingerprint density at radius 2 is 2.04 bits per heavy atom. The van der Waals surface area contributed by atoms with E-state index in [1.807, 2.05) is 48.0 Å². The number of anilines is 1. The first kappa shape index (κ1) is 17.4. The summed E-state index contributed by atoms with van der Waals surface area (Å²) in [6.07, 6.45) is 0. The van der Waals surface area contributed by atoms with Gasteiger partial charge in [0.2, 0.25) is 0 Å². The van der Waals surface area contributed by atoms with Crippen LogP contribution in [-0.4, -0.2) is 31.7 Å². The van der Waals surface area contributed by atoms with Crippen molar-refractivity contribution in [3.05, 3.63) is 46.0 Å². The lowest BCUT2D eigenvalue weighted by Gasteiger charge is -2.16. The number of methoxy groups -OCH3 is 2. The van der Waals surface area contributed by atoms with Gasteiger partial charge in [-0.3, -0.25) is 9.69 Å². The molecule has 25 heavy (non-hydrogen) atoms. The third-order valence-electron chi connectivity index (χ3n) is 3.70. The summed E-state index contributed by atoms with van der Waals surface area (Å²) in [6.45, 7) is 2.50. The van der Waals surface area contributed by atoms with Crippen LogP contribution < -0.4 is 14.4 Å². The fourth-order valence-electron chi connectivity index (χ4n) is 2.43. The van der Waals surface area contributed by atoms with Crippen molar-refractivity contribution in [3.8, 4) is 22.8 Å². The van der Waals surface area contributed by atoms with E-state index in [1.165, 1.54) is 22.7 Å². The highest BCUT2D eigenvalue weighted by Crippen LogP contribution is 2.36. The average molecular weight is 374 g/mol. The van der Waals surface area contributed by atoms with E-state index in [0.717, 1.165) is 17.0 Å². The molecule has 0 aliphatic carbocycles. The molecule has 2 heterocycles. The minimum Gasteiger partial charge on any atom is -0.497 e. The molecule has 0 N–H and O–H groups in total. The Labute approximate surface area is 154 Å².